The summed E-state index contributed by atoms with van der Waals surface area (Å²) in [6.45, 7) is 7.10. The van der Waals surface area contributed by atoms with Gasteiger partial charge >= 0.3 is 0 Å². The van der Waals surface area contributed by atoms with Crippen LogP contribution in [0, 0.1) is 5.41 Å². The molecule has 108 valence electrons. The molecular formula is C16H34N2. The molecule has 1 rings (SSSR count). The van der Waals surface area contributed by atoms with Gasteiger partial charge in [-0.3, -0.25) is 0 Å². The van der Waals surface area contributed by atoms with Gasteiger partial charge in [-0.05, 0) is 45.2 Å². The van der Waals surface area contributed by atoms with Gasteiger partial charge in [0.15, 0.2) is 0 Å². The Bertz CT molecular complexity index is 203. The fraction of sp³-hybridized carbons (Fsp3) is 1.00. The van der Waals surface area contributed by atoms with E-state index < -0.39 is 0 Å². The van der Waals surface area contributed by atoms with Gasteiger partial charge in [0, 0.05) is 19.1 Å². The maximum Gasteiger partial charge on any atom is 0.00924 e. The Balaban J connectivity index is 2.55. The number of hydrogen-bond acceptors (Lipinski definition) is 2. The average molecular weight is 254 g/mol. The van der Waals surface area contributed by atoms with Crippen molar-refractivity contribution in [3.8, 4) is 0 Å². The minimum absolute atomic E-state index is 0.468. The van der Waals surface area contributed by atoms with Crippen LogP contribution in [0.15, 0.2) is 0 Å². The smallest absolute Gasteiger partial charge is 0.00924 e. The fourth-order valence-electron chi connectivity index (χ4n) is 3.51. The Labute approximate surface area is 115 Å². The van der Waals surface area contributed by atoms with Crippen LogP contribution in [0.5, 0.6) is 0 Å². The van der Waals surface area contributed by atoms with E-state index in [1.54, 1.807) is 0 Å². The van der Waals surface area contributed by atoms with E-state index in [4.69, 9.17) is 0 Å². The number of nitrogens with zero attached hydrogens (tertiary/aromatic N) is 1. The largest absolute Gasteiger partial charge is 0.319 e. The van der Waals surface area contributed by atoms with Crippen LogP contribution in [0.25, 0.3) is 0 Å². The van der Waals surface area contributed by atoms with E-state index in [0.717, 1.165) is 12.6 Å². The first-order chi connectivity index (χ1) is 8.67. The van der Waals surface area contributed by atoms with Crippen molar-refractivity contribution in [2.24, 2.45) is 5.41 Å². The zero-order chi connectivity index (χ0) is 13.4. The molecule has 0 bridgehead atoms. The molecule has 0 saturated heterocycles. The first kappa shape index (κ1) is 16.0. The second kappa shape index (κ2) is 8.16. The van der Waals surface area contributed by atoms with Crippen molar-refractivity contribution in [2.45, 2.75) is 71.3 Å². The quantitative estimate of drug-likeness (QED) is 0.697. The molecule has 1 aliphatic carbocycles. The third-order valence-electron chi connectivity index (χ3n) is 5.08. The number of rotatable bonds is 7. The average Bonchev–Trinajstić information content (AvgIpc) is 2.67. The van der Waals surface area contributed by atoms with Gasteiger partial charge in [0.2, 0.25) is 0 Å². The zero-order valence-electron chi connectivity index (χ0n) is 13.1. The maximum atomic E-state index is 3.40. The van der Waals surface area contributed by atoms with Gasteiger partial charge in [-0.2, -0.15) is 0 Å². The van der Waals surface area contributed by atoms with Crippen molar-refractivity contribution < 1.29 is 0 Å². The molecule has 0 spiro atoms. The predicted octanol–water partition coefficient (Wildman–Crippen LogP) is 3.67. The molecule has 0 atom stereocenters. The predicted molar refractivity (Wildman–Crippen MR) is 81.1 cm³/mol. The summed E-state index contributed by atoms with van der Waals surface area (Å²) in [7, 11) is 4.44. The Kier molecular flexibility index (Phi) is 7.25. The Hall–Kier alpha value is -0.0800. The van der Waals surface area contributed by atoms with Gasteiger partial charge in [-0.25, -0.2) is 0 Å². The monoisotopic (exact) mass is 254 g/mol. The topological polar surface area (TPSA) is 15.3 Å². The van der Waals surface area contributed by atoms with E-state index in [1.165, 1.54) is 57.9 Å². The fourth-order valence-corrected chi connectivity index (χ4v) is 3.51. The van der Waals surface area contributed by atoms with Gasteiger partial charge in [-0.15, -0.1) is 0 Å². The molecule has 0 aromatic heterocycles. The van der Waals surface area contributed by atoms with Crippen LogP contribution in [0.4, 0.5) is 0 Å². The van der Waals surface area contributed by atoms with Crippen LogP contribution in [0.3, 0.4) is 0 Å². The molecule has 2 heteroatoms. The highest BCUT2D eigenvalue weighted by molar-refractivity contribution is 4.84. The lowest BCUT2D eigenvalue weighted by Gasteiger charge is -2.39. The van der Waals surface area contributed by atoms with E-state index in [9.17, 15) is 0 Å². The first-order valence-electron chi connectivity index (χ1n) is 8.02. The molecule has 1 aliphatic rings. The molecule has 0 aromatic carbocycles. The molecule has 1 saturated carbocycles. The van der Waals surface area contributed by atoms with Gasteiger partial charge < -0.3 is 10.2 Å². The summed E-state index contributed by atoms with van der Waals surface area (Å²) in [5, 5.41) is 3.40. The van der Waals surface area contributed by atoms with Crippen LogP contribution in [-0.2, 0) is 0 Å². The molecule has 0 heterocycles. The van der Waals surface area contributed by atoms with Gasteiger partial charge in [0.05, 0.1) is 0 Å². The van der Waals surface area contributed by atoms with E-state index in [2.05, 4.69) is 38.2 Å². The lowest BCUT2D eigenvalue weighted by molar-refractivity contribution is 0.116. The zero-order valence-corrected chi connectivity index (χ0v) is 13.1. The molecule has 0 amide bonds. The molecule has 1 fully saturated rings. The van der Waals surface area contributed by atoms with Gasteiger partial charge in [-0.1, -0.05) is 39.5 Å². The molecule has 18 heavy (non-hydrogen) atoms. The van der Waals surface area contributed by atoms with Crippen molar-refractivity contribution >= 4 is 0 Å². The van der Waals surface area contributed by atoms with Crippen molar-refractivity contribution in [3.63, 3.8) is 0 Å². The Morgan fingerprint density at radius 1 is 1.06 bits per heavy atom. The van der Waals surface area contributed by atoms with E-state index in [1.807, 2.05) is 0 Å². The Morgan fingerprint density at radius 3 is 2.06 bits per heavy atom. The highest BCUT2D eigenvalue weighted by Gasteiger charge is 2.29. The minimum atomic E-state index is 0.468. The van der Waals surface area contributed by atoms with Crippen LogP contribution < -0.4 is 5.32 Å². The third kappa shape index (κ3) is 4.55. The molecule has 0 unspecified atom stereocenters. The van der Waals surface area contributed by atoms with Crippen molar-refractivity contribution in [1.82, 2.24) is 10.2 Å². The first-order valence-corrected chi connectivity index (χ1v) is 8.02. The number of hydrogen-bond donors (Lipinski definition) is 1. The Morgan fingerprint density at radius 2 is 1.61 bits per heavy atom. The van der Waals surface area contributed by atoms with Crippen LogP contribution >= 0.6 is 0 Å². The summed E-state index contributed by atoms with van der Waals surface area (Å²) in [4.78, 5) is 2.66. The molecule has 0 radical (unpaired) electrons. The summed E-state index contributed by atoms with van der Waals surface area (Å²) in [6, 6.07) is 0.835. The third-order valence-corrected chi connectivity index (χ3v) is 5.08. The van der Waals surface area contributed by atoms with Gasteiger partial charge in [0.25, 0.3) is 0 Å². The molecule has 0 aliphatic heterocycles. The summed E-state index contributed by atoms with van der Waals surface area (Å²) in [5.74, 6) is 0. The summed E-state index contributed by atoms with van der Waals surface area (Å²) >= 11 is 0. The molecular weight excluding hydrogens is 220 g/mol. The van der Waals surface area contributed by atoms with E-state index in [0.29, 0.717) is 5.41 Å². The minimum Gasteiger partial charge on any atom is -0.319 e. The highest BCUT2D eigenvalue weighted by Crippen LogP contribution is 2.29. The van der Waals surface area contributed by atoms with E-state index in [-0.39, 0.29) is 0 Å². The SMILES string of the molecule is CCC(CC)(CNC)CN(C)C1CCCCCC1. The van der Waals surface area contributed by atoms with Crippen LogP contribution in [0.1, 0.15) is 65.2 Å². The van der Waals surface area contributed by atoms with Gasteiger partial charge in [0.1, 0.15) is 0 Å². The summed E-state index contributed by atoms with van der Waals surface area (Å²) < 4.78 is 0. The normalized spacial score (nSPS) is 19.2. The van der Waals surface area contributed by atoms with Crippen LogP contribution in [0.2, 0.25) is 0 Å². The number of nitrogens with one attached hydrogen (secondary N) is 1. The van der Waals surface area contributed by atoms with Crippen molar-refractivity contribution in [3.05, 3.63) is 0 Å². The summed E-state index contributed by atoms with van der Waals surface area (Å²) in [6.07, 6.45) is 11.2. The standard InChI is InChI=1S/C16H34N2/c1-5-16(6-2,13-17-3)14-18(4)15-11-9-7-8-10-12-15/h15,17H,5-14H2,1-4H3. The van der Waals surface area contributed by atoms with E-state index >= 15 is 0 Å². The molecule has 2 nitrogen and oxygen atoms in total. The highest BCUT2D eigenvalue weighted by atomic mass is 15.1. The maximum absolute atomic E-state index is 3.40. The van der Waals surface area contributed by atoms with Crippen molar-refractivity contribution in [1.29, 1.82) is 0 Å². The summed E-state index contributed by atoms with van der Waals surface area (Å²) in [5.41, 5.74) is 0.468. The lowest BCUT2D eigenvalue weighted by Crippen LogP contribution is -2.45. The lowest BCUT2D eigenvalue weighted by atomic mass is 9.81. The second-order valence-corrected chi connectivity index (χ2v) is 6.30. The van der Waals surface area contributed by atoms with Crippen molar-refractivity contribution in [2.75, 3.05) is 27.2 Å². The molecule has 0 aromatic rings. The van der Waals surface area contributed by atoms with Crippen LogP contribution in [-0.4, -0.2) is 38.1 Å². The second-order valence-electron chi connectivity index (χ2n) is 6.30. The molecule has 1 N–H and O–H groups in total.